The number of methoxy groups -OCH3 is 1. The second kappa shape index (κ2) is 6.58. The molecule has 4 nitrogen and oxygen atoms in total. The molecule has 2 aliphatic carbocycles. The standard InChI is InChI=1S/C16H26N2O2/c1-20-11-10-15(8-9-15)13-18-14(19)16(12-17)6-4-2-3-5-7-16/h2-11,13H2,1H3,(H,18,19). The third-order valence-electron chi connectivity index (χ3n) is 5.02. The van der Waals surface area contributed by atoms with Crippen LogP contribution in [-0.2, 0) is 9.53 Å². The molecule has 2 rings (SSSR count). The lowest BCUT2D eigenvalue weighted by Gasteiger charge is -2.25. The van der Waals surface area contributed by atoms with Gasteiger partial charge in [0.2, 0.25) is 5.91 Å². The molecule has 112 valence electrons. The zero-order valence-electron chi connectivity index (χ0n) is 12.5. The molecule has 0 saturated heterocycles. The monoisotopic (exact) mass is 278 g/mol. The van der Waals surface area contributed by atoms with E-state index in [4.69, 9.17) is 4.74 Å². The van der Waals surface area contributed by atoms with E-state index < -0.39 is 5.41 Å². The molecule has 2 aliphatic rings. The summed E-state index contributed by atoms with van der Waals surface area (Å²) in [5.41, 5.74) is -0.527. The number of ether oxygens (including phenoxy) is 1. The number of nitrogens with zero attached hydrogens (tertiary/aromatic N) is 1. The maximum Gasteiger partial charge on any atom is 0.240 e. The van der Waals surface area contributed by atoms with Crippen LogP contribution in [0.15, 0.2) is 0 Å². The van der Waals surface area contributed by atoms with Gasteiger partial charge in [-0.3, -0.25) is 4.79 Å². The predicted octanol–water partition coefficient (Wildman–Crippen LogP) is 2.78. The minimum absolute atomic E-state index is 0.0365. The number of hydrogen-bond donors (Lipinski definition) is 1. The number of nitriles is 1. The van der Waals surface area contributed by atoms with Gasteiger partial charge in [0.15, 0.2) is 0 Å². The van der Waals surface area contributed by atoms with Gasteiger partial charge in [-0.25, -0.2) is 0 Å². The van der Waals surface area contributed by atoms with E-state index in [-0.39, 0.29) is 11.3 Å². The van der Waals surface area contributed by atoms with E-state index in [0.29, 0.717) is 6.54 Å². The fourth-order valence-corrected chi connectivity index (χ4v) is 3.17. The van der Waals surface area contributed by atoms with Crippen LogP contribution in [0.3, 0.4) is 0 Å². The molecule has 0 aromatic heterocycles. The first-order valence-electron chi connectivity index (χ1n) is 7.85. The number of carbonyl (C=O) groups excluding carboxylic acids is 1. The van der Waals surface area contributed by atoms with Crippen molar-refractivity contribution in [1.29, 1.82) is 5.26 Å². The van der Waals surface area contributed by atoms with E-state index >= 15 is 0 Å². The van der Waals surface area contributed by atoms with E-state index in [9.17, 15) is 10.1 Å². The van der Waals surface area contributed by atoms with Crippen molar-refractivity contribution in [2.75, 3.05) is 20.3 Å². The summed E-state index contributed by atoms with van der Waals surface area (Å²) in [5.74, 6) is -0.0365. The minimum Gasteiger partial charge on any atom is -0.385 e. The summed E-state index contributed by atoms with van der Waals surface area (Å²) in [4.78, 5) is 12.5. The van der Waals surface area contributed by atoms with E-state index in [1.807, 2.05) is 0 Å². The minimum atomic E-state index is -0.770. The highest BCUT2D eigenvalue weighted by atomic mass is 16.5. The van der Waals surface area contributed by atoms with E-state index in [1.54, 1.807) is 7.11 Å². The van der Waals surface area contributed by atoms with Crippen molar-refractivity contribution in [2.24, 2.45) is 10.8 Å². The third-order valence-corrected chi connectivity index (χ3v) is 5.02. The molecule has 2 fully saturated rings. The number of hydrogen-bond acceptors (Lipinski definition) is 3. The molecule has 2 saturated carbocycles. The summed E-state index contributed by atoms with van der Waals surface area (Å²) in [6.45, 7) is 1.46. The Labute approximate surface area is 121 Å². The van der Waals surface area contributed by atoms with Gasteiger partial charge in [-0.1, -0.05) is 25.7 Å². The van der Waals surface area contributed by atoms with Crippen molar-refractivity contribution in [1.82, 2.24) is 5.32 Å². The van der Waals surface area contributed by atoms with Gasteiger partial charge in [0, 0.05) is 20.3 Å². The molecule has 0 aliphatic heterocycles. The lowest BCUT2D eigenvalue weighted by Crippen LogP contribution is -2.42. The van der Waals surface area contributed by atoms with Crippen molar-refractivity contribution in [3.63, 3.8) is 0 Å². The van der Waals surface area contributed by atoms with Gasteiger partial charge in [-0.15, -0.1) is 0 Å². The first kappa shape index (κ1) is 15.3. The molecule has 0 aromatic carbocycles. The van der Waals surface area contributed by atoms with Crippen molar-refractivity contribution < 1.29 is 9.53 Å². The Morgan fingerprint density at radius 3 is 2.35 bits per heavy atom. The molecule has 4 heteroatoms. The van der Waals surface area contributed by atoms with Gasteiger partial charge < -0.3 is 10.1 Å². The Bertz CT molecular complexity index is 374. The largest absolute Gasteiger partial charge is 0.385 e. The number of amides is 1. The van der Waals surface area contributed by atoms with Crippen LogP contribution < -0.4 is 5.32 Å². The van der Waals surface area contributed by atoms with Crippen LogP contribution in [-0.4, -0.2) is 26.2 Å². The third kappa shape index (κ3) is 3.52. The van der Waals surface area contributed by atoms with Gasteiger partial charge in [0.05, 0.1) is 6.07 Å². The maximum absolute atomic E-state index is 12.5. The predicted molar refractivity (Wildman–Crippen MR) is 76.9 cm³/mol. The summed E-state index contributed by atoms with van der Waals surface area (Å²) in [6.07, 6.45) is 9.06. The molecular formula is C16H26N2O2. The Morgan fingerprint density at radius 1 is 1.20 bits per heavy atom. The SMILES string of the molecule is COCCC1(CNC(=O)C2(C#N)CCCCCC2)CC1. The molecule has 0 bridgehead atoms. The average molecular weight is 278 g/mol. The van der Waals surface area contributed by atoms with Crippen molar-refractivity contribution in [2.45, 2.75) is 57.8 Å². The first-order valence-corrected chi connectivity index (χ1v) is 7.85. The topological polar surface area (TPSA) is 62.1 Å². The van der Waals surface area contributed by atoms with E-state index in [0.717, 1.165) is 64.4 Å². The number of rotatable bonds is 6. The first-order chi connectivity index (χ1) is 9.66. The fraction of sp³-hybridized carbons (Fsp3) is 0.875. The zero-order chi connectivity index (χ0) is 14.5. The van der Waals surface area contributed by atoms with Gasteiger partial charge in [0.1, 0.15) is 5.41 Å². The second-order valence-corrected chi connectivity index (χ2v) is 6.53. The lowest BCUT2D eigenvalue weighted by atomic mass is 9.81. The quantitative estimate of drug-likeness (QED) is 0.760. The highest BCUT2D eigenvalue weighted by Gasteiger charge is 2.44. The Kier molecular flexibility index (Phi) is 5.04. The molecule has 0 heterocycles. The van der Waals surface area contributed by atoms with Crippen molar-refractivity contribution in [3.05, 3.63) is 0 Å². The highest BCUT2D eigenvalue weighted by molar-refractivity contribution is 5.85. The molecular weight excluding hydrogens is 252 g/mol. The van der Waals surface area contributed by atoms with Crippen LogP contribution in [0.2, 0.25) is 0 Å². The van der Waals surface area contributed by atoms with Crippen LogP contribution in [0, 0.1) is 22.2 Å². The van der Waals surface area contributed by atoms with Crippen LogP contribution in [0.5, 0.6) is 0 Å². The average Bonchev–Trinajstić information content (AvgIpc) is 3.27. The second-order valence-electron chi connectivity index (χ2n) is 6.53. The van der Waals surface area contributed by atoms with E-state index in [1.165, 1.54) is 0 Å². The van der Waals surface area contributed by atoms with Crippen LogP contribution in [0.25, 0.3) is 0 Å². The maximum atomic E-state index is 12.5. The molecule has 0 aromatic rings. The van der Waals surface area contributed by atoms with Crippen molar-refractivity contribution in [3.8, 4) is 6.07 Å². The van der Waals surface area contributed by atoms with E-state index in [2.05, 4.69) is 11.4 Å². The smallest absolute Gasteiger partial charge is 0.240 e. The number of nitrogens with one attached hydrogen (secondary N) is 1. The lowest BCUT2D eigenvalue weighted by molar-refractivity contribution is -0.129. The van der Waals surface area contributed by atoms with Crippen LogP contribution in [0.4, 0.5) is 0 Å². The molecule has 0 unspecified atom stereocenters. The summed E-state index contributed by atoms with van der Waals surface area (Å²) in [6, 6.07) is 2.32. The van der Waals surface area contributed by atoms with Gasteiger partial charge in [-0.2, -0.15) is 5.26 Å². The van der Waals surface area contributed by atoms with Crippen LogP contribution in [0.1, 0.15) is 57.8 Å². The summed E-state index contributed by atoms with van der Waals surface area (Å²) >= 11 is 0. The Morgan fingerprint density at radius 2 is 1.85 bits per heavy atom. The molecule has 1 N–H and O–H groups in total. The number of carbonyl (C=O) groups is 1. The molecule has 0 radical (unpaired) electrons. The molecule has 20 heavy (non-hydrogen) atoms. The zero-order valence-corrected chi connectivity index (χ0v) is 12.5. The van der Waals surface area contributed by atoms with Gasteiger partial charge in [0.25, 0.3) is 0 Å². The summed E-state index contributed by atoms with van der Waals surface area (Å²) in [7, 11) is 1.71. The van der Waals surface area contributed by atoms with Crippen LogP contribution >= 0.6 is 0 Å². The highest BCUT2D eigenvalue weighted by Crippen LogP contribution is 2.48. The van der Waals surface area contributed by atoms with Gasteiger partial charge in [-0.05, 0) is 37.5 Å². The summed E-state index contributed by atoms with van der Waals surface area (Å²) < 4.78 is 5.13. The fourth-order valence-electron chi connectivity index (χ4n) is 3.17. The molecule has 1 amide bonds. The molecule has 0 spiro atoms. The van der Waals surface area contributed by atoms with Gasteiger partial charge >= 0.3 is 0 Å². The Hall–Kier alpha value is -1.08. The summed E-state index contributed by atoms with van der Waals surface area (Å²) in [5, 5.41) is 12.6. The Balaban J connectivity index is 1.88. The van der Waals surface area contributed by atoms with Crippen molar-refractivity contribution >= 4 is 5.91 Å². The molecule has 0 atom stereocenters. The normalized spacial score (nSPS) is 23.4.